The molecule has 3 nitrogen and oxygen atoms in total. The largest absolute Gasteiger partial charge is 0.481 e. The van der Waals surface area contributed by atoms with Gasteiger partial charge in [0.1, 0.15) is 0 Å². The Morgan fingerprint density at radius 1 is 1.55 bits per heavy atom. The van der Waals surface area contributed by atoms with Gasteiger partial charge in [0, 0.05) is 0 Å². The Hall–Kier alpha value is -1.30. The van der Waals surface area contributed by atoms with E-state index in [1.165, 1.54) is 0 Å². The summed E-state index contributed by atoms with van der Waals surface area (Å²) in [5.41, 5.74) is 0. The van der Waals surface area contributed by atoms with Crippen LogP contribution in [0.2, 0.25) is 0 Å². The standard InChI is InChI=1S/C8H9NO2/c9-5-6-3-1-2-4-7(6)8(10)11/h1-2,6-7H,3-4H2,(H,10,11)/t6-,7-/m0/s1. The molecule has 58 valence electrons. The van der Waals surface area contributed by atoms with Crippen molar-refractivity contribution >= 4 is 5.97 Å². The summed E-state index contributed by atoms with van der Waals surface area (Å²) in [4.78, 5) is 10.5. The first-order chi connectivity index (χ1) is 5.25. The average molecular weight is 151 g/mol. The summed E-state index contributed by atoms with van der Waals surface area (Å²) >= 11 is 0. The second-order valence-electron chi connectivity index (χ2n) is 2.62. The van der Waals surface area contributed by atoms with Crippen LogP contribution >= 0.6 is 0 Å². The molecular formula is C8H9NO2. The average Bonchev–Trinajstić information content (AvgIpc) is 2.04. The van der Waals surface area contributed by atoms with Gasteiger partial charge < -0.3 is 5.11 Å². The highest BCUT2D eigenvalue weighted by molar-refractivity contribution is 5.71. The molecule has 0 saturated carbocycles. The van der Waals surface area contributed by atoms with Gasteiger partial charge in [-0.25, -0.2) is 0 Å². The first kappa shape index (κ1) is 7.80. The van der Waals surface area contributed by atoms with Gasteiger partial charge in [-0.1, -0.05) is 12.2 Å². The molecule has 0 heterocycles. The first-order valence-electron chi connectivity index (χ1n) is 3.53. The van der Waals surface area contributed by atoms with Crippen molar-refractivity contribution in [2.24, 2.45) is 11.8 Å². The lowest BCUT2D eigenvalue weighted by atomic mass is 9.84. The van der Waals surface area contributed by atoms with E-state index in [1.807, 2.05) is 18.2 Å². The van der Waals surface area contributed by atoms with Crippen molar-refractivity contribution in [3.05, 3.63) is 12.2 Å². The lowest BCUT2D eigenvalue weighted by Gasteiger charge is -2.18. The minimum absolute atomic E-state index is 0.336. The van der Waals surface area contributed by atoms with Crippen LogP contribution in [0.5, 0.6) is 0 Å². The minimum Gasteiger partial charge on any atom is -0.481 e. The molecule has 1 aliphatic carbocycles. The Morgan fingerprint density at radius 2 is 2.18 bits per heavy atom. The maximum Gasteiger partial charge on any atom is 0.308 e. The number of hydrogen-bond acceptors (Lipinski definition) is 2. The monoisotopic (exact) mass is 151 g/mol. The van der Waals surface area contributed by atoms with Gasteiger partial charge in [-0.2, -0.15) is 5.26 Å². The molecule has 1 rings (SSSR count). The Morgan fingerprint density at radius 3 is 2.64 bits per heavy atom. The molecule has 1 N–H and O–H groups in total. The third kappa shape index (κ3) is 1.58. The van der Waals surface area contributed by atoms with E-state index in [9.17, 15) is 4.79 Å². The smallest absolute Gasteiger partial charge is 0.308 e. The van der Waals surface area contributed by atoms with Crippen molar-refractivity contribution in [1.82, 2.24) is 0 Å². The zero-order valence-electron chi connectivity index (χ0n) is 6.03. The lowest BCUT2D eigenvalue weighted by molar-refractivity contribution is -0.142. The van der Waals surface area contributed by atoms with Crippen LogP contribution in [0.3, 0.4) is 0 Å². The number of carboxylic acids is 1. The molecule has 0 bridgehead atoms. The van der Waals surface area contributed by atoms with Gasteiger partial charge in [0.25, 0.3) is 0 Å². The molecule has 0 aromatic carbocycles. The Labute approximate surface area is 64.9 Å². The predicted molar refractivity (Wildman–Crippen MR) is 38.6 cm³/mol. The summed E-state index contributed by atoms with van der Waals surface area (Å²) in [7, 11) is 0. The number of hydrogen-bond donors (Lipinski definition) is 1. The molecule has 0 saturated heterocycles. The fraction of sp³-hybridized carbons (Fsp3) is 0.500. The molecule has 0 spiro atoms. The number of carbonyl (C=O) groups is 1. The molecule has 0 aliphatic heterocycles. The van der Waals surface area contributed by atoms with Crippen LogP contribution < -0.4 is 0 Å². The van der Waals surface area contributed by atoms with Gasteiger partial charge in [0.2, 0.25) is 0 Å². The van der Waals surface area contributed by atoms with Crippen molar-refractivity contribution < 1.29 is 9.90 Å². The summed E-state index contributed by atoms with van der Waals surface area (Å²) in [5.74, 6) is -1.69. The van der Waals surface area contributed by atoms with E-state index in [1.54, 1.807) is 0 Å². The quantitative estimate of drug-likeness (QED) is 0.572. The highest BCUT2D eigenvalue weighted by atomic mass is 16.4. The van der Waals surface area contributed by atoms with Crippen LogP contribution in [0.25, 0.3) is 0 Å². The number of nitrogens with zero attached hydrogens (tertiary/aromatic N) is 1. The maximum absolute atomic E-state index is 10.5. The summed E-state index contributed by atoms with van der Waals surface area (Å²) < 4.78 is 0. The van der Waals surface area contributed by atoms with Crippen LogP contribution in [-0.2, 0) is 4.79 Å². The fourth-order valence-corrected chi connectivity index (χ4v) is 1.23. The molecule has 3 heteroatoms. The van der Waals surface area contributed by atoms with E-state index in [-0.39, 0.29) is 5.92 Å². The van der Waals surface area contributed by atoms with Crippen LogP contribution in [-0.4, -0.2) is 11.1 Å². The topological polar surface area (TPSA) is 61.1 Å². The predicted octanol–water partition coefficient (Wildman–Crippen LogP) is 1.18. The summed E-state index contributed by atoms with van der Waals surface area (Å²) in [6.45, 7) is 0. The van der Waals surface area contributed by atoms with Gasteiger partial charge >= 0.3 is 5.97 Å². The Balaban J connectivity index is 2.71. The van der Waals surface area contributed by atoms with E-state index >= 15 is 0 Å². The molecule has 0 aromatic rings. The second-order valence-corrected chi connectivity index (χ2v) is 2.62. The molecule has 0 amide bonds. The molecule has 2 atom stereocenters. The zero-order valence-corrected chi connectivity index (χ0v) is 6.03. The van der Waals surface area contributed by atoms with Crippen LogP contribution in [0.1, 0.15) is 12.8 Å². The van der Waals surface area contributed by atoms with Crippen molar-refractivity contribution in [1.29, 1.82) is 5.26 Å². The third-order valence-electron chi connectivity index (χ3n) is 1.92. The Kier molecular flexibility index (Phi) is 2.27. The van der Waals surface area contributed by atoms with Crippen molar-refractivity contribution in [2.75, 3.05) is 0 Å². The van der Waals surface area contributed by atoms with Crippen LogP contribution in [0.4, 0.5) is 0 Å². The number of carboxylic acid groups (broad SMARTS) is 1. The van der Waals surface area contributed by atoms with E-state index in [0.717, 1.165) is 0 Å². The second kappa shape index (κ2) is 3.20. The number of nitriles is 1. The lowest BCUT2D eigenvalue weighted by Crippen LogP contribution is -2.23. The zero-order chi connectivity index (χ0) is 8.27. The molecule has 0 fully saturated rings. The van der Waals surface area contributed by atoms with Gasteiger partial charge in [0.15, 0.2) is 0 Å². The van der Waals surface area contributed by atoms with E-state index in [4.69, 9.17) is 10.4 Å². The highest BCUT2D eigenvalue weighted by Crippen LogP contribution is 2.24. The molecule has 1 aliphatic rings. The summed E-state index contributed by atoms with van der Waals surface area (Å²) in [6.07, 6.45) is 4.76. The molecule has 11 heavy (non-hydrogen) atoms. The third-order valence-corrected chi connectivity index (χ3v) is 1.92. The van der Waals surface area contributed by atoms with E-state index in [0.29, 0.717) is 12.8 Å². The van der Waals surface area contributed by atoms with Crippen LogP contribution in [0.15, 0.2) is 12.2 Å². The maximum atomic E-state index is 10.5. The van der Waals surface area contributed by atoms with Crippen molar-refractivity contribution in [2.45, 2.75) is 12.8 Å². The number of aliphatic carboxylic acids is 1. The van der Waals surface area contributed by atoms with Gasteiger partial charge in [-0.3, -0.25) is 4.79 Å². The normalized spacial score (nSPS) is 29.4. The van der Waals surface area contributed by atoms with E-state index < -0.39 is 11.9 Å². The highest BCUT2D eigenvalue weighted by Gasteiger charge is 2.27. The van der Waals surface area contributed by atoms with Crippen molar-refractivity contribution in [3.8, 4) is 6.07 Å². The SMILES string of the molecule is N#C[C@@H]1CC=CC[C@@H]1C(=O)O. The number of rotatable bonds is 1. The van der Waals surface area contributed by atoms with Gasteiger partial charge in [0.05, 0.1) is 17.9 Å². The Bertz CT molecular complexity index is 227. The molecule has 0 radical (unpaired) electrons. The minimum atomic E-state index is -0.860. The molecule has 0 aromatic heterocycles. The molecular weight excluding hydrogens is 142 g/mol. The van der Waals surface area contributed by atoms with Crippen LogP contribution in [0, 0.1) is 23.2 Å². The van der Waals surface area contributed by atoms with Crippen molar-refractivity contribution in [3.63, 3.8) is 0 Å². The summed E-state index contributed by atoms with van der Waals surface area (Å²) in [6, 6.07) is 2.00. The number of allylic oxidation sites excluding steroid dienone is 2. The summed E-state index contributed by atoms with van der Waals surface area (Å²) in [5, 5.41) is 17.2. The van der Waals surface area contributed by atoms with Gasteiger partial charge in [-0.15, -0.1) is 0 Å². The fourth-order valence-electron chi connectivity index (χ4n) is 1.23. The molecule has 0 unspecified atom stereocenters. The van der Waals surface area contributed by atoms with E-state index in [2.05, 4.69) is 0 Å². The van der Waals surface area contributed by atoms with Gasteiger partial charge in [-0.05, 0) is 12.8 Å². The first-order valence-corrected chi connectivity index (χ1v) is 3.53.